The predicted octanol–water partition coefficient (Wildman–Crippen LogP) is 2.66. The van der Waals surface area contributed by atoms with E-state index in [2.05, 4.69) is 20.8 Å². The summed E-state index contributed by atoms with van der Waals surface area (Å²) in [4.78, 5) is 2.11. The molecule has 0 heterocycles. The van der Waals surface area contributed by atoms with Crippen molar-refractivity contribution in [3.05, 3.63) is 28.2 Å². The Morgan fingerprint density at radius 1 is 1.41 bits per heavy atom. The highest BCUT2D eigenvalue weighted by Gasteiger charge is 2.23. The molecule has 0 aromatic heterocycles. The van der Waals surface area contributed by atoms with E-state index < -0.39 is 0 Å². The van der Waals surface area contributed by atoms with Crippen molar-refractivity contribution in [2.45, 2.75) is 25.9 Å². The zero-order valence-corrected chi connectivity index (χ0v) is 12.4. The maximum absolute atomic E-state index is 9.34. The lowest BCUT2D eigenvalue weighted by atomic mass is 10.0. The minimum atomic E-state index is -0.243. The molecular formula is C13H20BrNO2. The number of hydrogen-bond donors (Lipinski definition) is 1. The number of rotatable bonds is 5. The molecule has 3 nitrogen and oxygen atoms in total. The molecule has 1 rings (SSSR count). The van der Waals surface area contributed by atoms with Crippen molar-refractivity contribution in [1.82, 2.24) is 4.90 Å². The Balaban J connectivity index is 2.91. The van der Waals surface area contributed by atoms with Crippen molar-refractivity contribution >= 4 is 15.9 Å². The number of nitrogens with zero attached hydrogens (tertiary/aromatic N) is 1. The van der Waals surface area contributed by atoms with Crippen LogP contribution in [0.1, 0.15) is 19.4 Å². The van der Waals surface area contributed by atoms with E-state index >= 15 is 0 Å². The highest BCUT2D eigenvalue weighted by Crippen LogP contribution is 2.26. The Bertz CT molecular complexity index is 380. The SMILES string of the molecule is COc1ccc(Br)cc1CN(C)C(C)(C)CO. The van der Waals surface area contributed by atoms with Gasteiger partial charge in [0.25, 0.3) is 0 Å². The van der Waals surface area contributed by atoms with Gasteiger partial charge in [-0.05, 0) is 39.1 Å². The molecule has 0 fully saturated rings. The summed E-state index contributed by atoms with van der Waals surface area (Å²) >= 11 is 3.46. The highest BCUT2D eigenvalue weighted by atomic mass is 79.9. The maximum atomic E-state index is 9.34. The smallest absolute Gasteiger partial charge is 0.123 e. The molecule has 0 aliphatic heterocycles. The molecule has 0 spiro atoms. The summed E-state index contributed by atoms with van der Waals surface area (Å²) in [6, 6.07) is 5.95. The van der Waals surface area contributed by atoms with Crippen molar-refractivity contribution in [3.8, 4) is 5.75 Å². The summed E-state index contributed by atoms with van der Waals surface area (Å²) in [5.74, 6) is 0.869. The van der Waals surface area contributed by atoms with Gasteiger partial charge < -0.3 is 9.84 Å². The molecule has 0 aliphatic carbocycles. The van der Waals surface area contributed by atoms with Gasteiger partial charge >= 0.3 is 0 Å². The van der Waals surface area contributed by atoms with Crippen LogP contribution in [0.2, 0.25) is 0 Å². The van der Waals surface area contributed by atoms with Crippen molar-refractivity contribution in [3.63, 3.8) is 0 Å². The first-order valence-corrected chi connectivity index (χ1v) is 6.34. The number of ether oxygens (including phenoxy) is 1. The van der Waals surface area contributed by atoms with Gasteiger partial charge in [0.2, 0.25) is 0 Å². The van der Waals surface area contributed by atoms with E-state index in [4.69, 9.17) is 4.74 Å². The molecule has 1 N–H and O–H groups in total. The lowest BCUT2D eigenvalue weighted by Gasteiger charge is -2.34. The maximum Gasteiger partial charge on any atom is 0.123 e. The summed E-state index contributed by atoms with van der Waals surface area (Å²) in [5, 5.41) is 9.34. The number of hydrogen-bond acceptors (Lipinski definition) is 3. The first-order valence-electron chi connectivity index (χ1n) is 5.55. The summed E-state index contributed by atoms with van der Waals surface area (Å²) in [6.07, 6.45) is 0. The van der Waals surface area contributed by atoms with Crippen LogP contribution in [-0.4, -0.2) is 36.3 Å². The van der Waals surface area contributed by atoms with Crippen LogP contribution < -0.4 is 4.74 Å². The molecule has 1 aromatic rings. The Kier molecular flexibility index (Phi) is 4.98. The lowest BCUT2D eigenvalue weighted by Crippen LogP contribution is -2.43. The molecule has 0 saturated heterocycles. The summed E-state index contributed by atoms with van der Waals surface area (Å²) in [7, 11) is 3.67. The number of aliphatic hydroxyl groups excluding tert-OH is 1. The molecule has 0 saturated carbocycles. The normalized spacial score (nSPS) is 11.9. The fraction of sp³-hybridized carbons (Fsp3) is 0.538. The number of methoxy groups -OCH3 is 1. The van der Waals surface area contributed by atoms with Crippen LogP contribution in [0.15, 0.2) is 22.7 Å². The standard InChI is InChI=1S/C13H20BrNO2/c1-13(2,9-16)15(3)8-10-7-11(14)5-6-12(10)17-4/h5-7,16H,8-9H2,1-4H3. The first-order chi connectivity index (χ1) is 7.90. The lowest BCUT2D eigenvalue weighted by molar-refractivity contribution is 0.0728. The molecule has 0 unspecified atom stereocenters. The minimum Gasteiger partial charge on any atom is -0.496 e. The second-order valence-corrected chi connectivity index (χ2v) is 5.70. The van der Waals surface area contributed by atoms with Crippen LogP contribution in [0.4, 0.5) is 0 Å². The van der Waals surface area contributed by atoms with Gasteiger partial charge in [-0.3, -0.25) is 4.90 Å². The summed E-state index contributed by atoms with van der Waals surface area (Å²) in [5.41, 5.74) is 0.860. The minimum absolute atomic E-state index is 0.125. The Hall–Kier alpha value is -0.580. The van der Waals surface area contributed by atoms with Gasteiger partial charge in [0.05, 0.1) is 13.7 Å². The topological polar surface area (TPSA) is 32.7 Å². The third-order valence-corrected chi connectivity index (χ3v) is 3.56. The van der Waals surface area contributed by atoms with Gasteiger partial charge in [-0.15, -0.1) is 0 Å². The largest absolute Gasteiger partial charge is 0.496 e. The van der Waals surface area contributed by atoms with Crippen LogP contribution in [0.3, 0.4) is 0 Å². The number of likely N-dealkylation sites (N-methyl/N-ethyl adjacent to an activating group) is 1. The molecule has 0 amide bonds. The average Bonchev–Trinajstić information content (AvgIpc) is 2.29. The van der Waals surface area contributed by atoms with E-state index in [9.17, 15) is 5.11 Å². The van der Waals surface area contributed by atoms with Crippen molar-refractivity contribution in [2.24, 2.45) is 0 Å². The van der Waals surface area contributed by atoms with E-state index in [0.29, 0.717) is 0 Å². The number of benzene rings is 1. The fourth-order valence-electron chi connectivity index (χ4n) is 1.46. The third kappa shape index (κ3) is 3.69. The van der Waals surface area contributed by atoms with E-state index in [1.165, 1.54) is 0 Å². The quantitative estimate of drug-likeness (QED) is 0.907. The van der Waals surface area contributed by atoms with Crippen molar-refractivity contribution < 1.29 is 9.84 Å². The fourth-order valence-corrected chi connectivity index (χ4v) is 1.87. The van der Waals surface area contributed by atoms with Gasteiger partial charge in [0.1, 0.15) is 5.75 Å². The highest BCUT2D eigenvalue weighted by molar-refractivity contribution is 9.10. The van der Waals surface area contributed by atoms with Crippen LogP contribution in [-0.2, 0) is 6.54 Å². The molecule has 1 aromatic carbocycles. The molecule has 0 radical (unpaired) electrons. The van der Waals surface area contributed by atoms with Gasteiger partial charge in [-0.1, -0.05) is 15.9 Å². The van der Waals surface area contributed by atoms with E-state index in [0.717, 1.165) is 22.3 Å². The molecular weight excluding hydrogens is 282 g/mol. The first kappa shape index (κ1) is 14.5. The second kappa shape index (κ2) is 5.85. The Morgan fingerprint density at radius 2 is 2.06 bits per heavy atom. The van der Waals surface area contributed by atoms with Gasteiger partial charge in [0, 0.05) is 22.1 Å². The molecule has 0 aliphatic rings. The number of halogens is 1. The van der Waals surface area contributed by atoms with Gasteiger partial charge in [0.15, 0.2) is 0 Å². The van der Waals surface area contributed by atoms with Crippen LogP contribution in [0.5, 0.6) is 5.75 Å². The Labute approximate surface area is 112 Å². The zero-order valence-electron chi connectivity index (χ0n) is 10.8. The number of aliphatic hydroxyl groups is 1. The second-order valence-electron chi connectivity index (χ2n) is 4.78. The third-order valence-electron chi connectivity index (χ3n) is 3.07. The molecule has 4 heteroatoms. The monoisotopic (exact) mass is 301 g/mol. The van der Waals surface area contributed by atoms with Crippen LogP contribution >= 0.6 is 15.9 Å². The molecule has 0 atom stereocenters. The Morgan fingerprint density at radius 3 is 2.59 bits per heavy atom. The van der Waals surface area contributed by atoms with Crippen molar-refractivity contribution in [1.29, 1.82) is 0 Å². The van der Waals surface area contributed by atoms with Gasteiger partial charge in [-0.2, -0.15) is 0 Å². The van der Waals surface area contributed by atoms with E-state index in [1.54, 1.807) is 7.11 Å². The zero-order chi connectivity index (χ0) is 13.1. The summed E-state index contributed by atoms with van der Waals surface area (Å²) < 4.78 is 6.37. The van der Waals surface area contributed by atoms with Gasteiger partial charge in [-0.25, -0.2) is 0 Å². The molecule has 96 valence electrons. The van der Waals surface area contributed by atoms with Crippen LogP contribution in [0, 0.1) is 0 Å². The van der Waals surface area contributed by atoms with E-state index in [1.807, 2.05) is 39.1 Å². The van der Waals surface area contributed by atoms with Crippen LogP contribution in [0.25, 0.3) is 0 Å². The predicted molar refractivity (Wildman–Crippen MR) is 73.3 cm³/mol. The molecule has 0 bridgehead atoms. The molecule has 17 heavy (non-hydrogen) atoms. The van der Waals surface area contributed by atoms with Crippen molar-refractivity contribution in [2.75, 3.05) is 20.8 Å². The summed E-state index contributed by atoms with van der Waals surface area (Å²) in [6.45, 7) is 4.88. The van der Waals surface area contributed by atoms with E-state index in [-0.39, 0.29) is 12.1 Å². The average molecular weight is 302 g/mol.